The minimum absolute atomic E-state index is 0.0727. The van der Waals surface area contributed by atoms with Gasteiger partial charge in [-0.25, -0.2) is 0 Å². The van der Waals surface area contributed by atoms with E-state index in [4.69, 9.17) is 0 Å². The first-order valence-electron chi connectivity index (χ1n) is 8.25. The molecule has 0 saturated heterocycles. The van der Waals surface area contributed by atoms with Crippen LogP contribution in [-0.4, -0.2) is 17.4 Å². The smallest absolute Gasteiger partial charge is 0.253 e. The minimum Gasteiger partial charge on any atom is -0.351 e. The third-order valence-electron chi connectivity index (χ3n) is 4.41. The van der Waals surface area contributed by atoms with Crippen LogP contribution in [0.4, 0.5) is 0 Å². The molecule has 122 valence electrons. The van der Waals surface area contributed by atoms with E-state index in [9.17, 15) is 4.79 Å². The number of carbonyl (C=O) groups is 1. The van der Waals surface area contributed by atoms with Crippen LogP contribution in [0.3, 0.4) is 0 Å². The Labute approximate surface area is 142 Å². The fourth-order valence-electron chi connectivity index (χ4n) is 3.03. The highest BCUT2D eigenvalue weighted by molar-refractivity contribution is 6.05. The number of amides is 1. The molecule has 0 saturated carbocycles. The van der Waals surface area contributed by atoms with Gasteiger partial charge in [-0.3, -0.25) is 9.78 Å². The average molecular weight is 318 g/mol. The number of carbonyl (C=O) groups excluding carboxylic acids is 1. The van der Waals surface area contributed by atoms with Gasteiger partial charge >= 0.3 is 0 Å². The van der Waals surface area contributed by atoms with Crippen molar-refractivity contribution in [2.24, 2.45) is 0 Å². The summed E-state index contributed by atoms with van der Waals surface area (Å²) in [6.45, 7) is 6.95. The molecular weight excluding hydrogens is 296 g/mol. The van der Waals surface area contributed by atoms with Crippen LogP contribution in [0.25, 0.3) is 10.9 Å². The predicted octanol–water partition coefficient (Wildman–Crippen LogP) is 4.39. The van der Waals surface area contributed by atoms with Gasteiger partial charge in [0.05, 0.1) is 11.1 Å². The van der Waals surface area contributed by atoms with Gasteiger partial charge in [-0.2, -0.15) is 0 Å². The molecule has 0 fully saturated rings. The monoisotopic (exact) mass is 318 g/mol. The van der Waals surface area contributed by atoms with E-state index in [1.165, 1.54) is 16.7 Å². The first kappa shape index (κ1) is 16.2. The maximum atomic E-state index is 12.6. The van der Waals surface area contributed by atoms with Crippen molar-refractivity contribution in [1.29, 1.82) is 0 Å². The Hall–Kier alpha value is -2.68. The third kappa shape index (κ3) is 3.30. The van der Waals surface area contributed by atoms with Gasteiger partial charge in [-0.05, 0) is 43.0 Å². The summed E-state index contributed by atoms with van der Waals surface area (Å²) in [5, 5.41) is 4.04. The lowest BCUT2D eigenvalue weighted by Crippen LogP contribution is -2.28. The van der Waals surface area contributed by atoms with Crippen molar-refractivity contribution >= 4 is 16.8 Å². The summed E-state index contributed by atoms with van der Waals surface area (Å²) in [5.74, 6) is 0.188. The van der Waals surface area contributed by atoms with Crippen LogP contribution in [0.5, 0.6) is 0 Å². The molecule has 1 N–H and O–H groups in total. The first-order chi connectivity index (χ1) is 11.6. The van der Waals surface area contributed by atoms with E-state index in [1.54, 1.807) is 6.20 Å². The number of hydrogen-bond acceptors (Lipinski definition) is 2. The predicted molar refractivity (Wildman–Crippen MR) is 98.4 cm³/mol. The molecule has 0 radical (unpaired) electrons. The van der Waals surface area contributed by atoms with Gasteiger partial charge < -0.3 is 5.32 Å². The Morgan fingerprint density at radius 1 is 1.12 bits per heavy atom. The molecule has 3 nitrogen and oxygen atoms in total. The molecule has 0 aliphatic rings. The van der Waals surface area contributed by atoms with E-state index in [0.717, 1.165) is 10.9 Å². The van der Waals surface area contributed by atoms with Crippen molar-refractivity contribution in [2.45, 2.75) is 26.7 Å². The molecule has 1 heterocycles. The zero-order valence-electron chi connectivity index (χ0n) is 14.3. The summed E-state index contributed by atoms with van der Waals surface area (Å²) in [6.07, 6.45) is 1.72. The average Bonchev–Trinajstić information content (AvgIpc) is 2.61. The van der Waals surface area contributed by atoms with E-state index >= 15 is 0 Å². The number of aromatic nitrogens is 1. The summed E-state index contributed by atoms with van der Waals surface area (Å²) in [4.78, 5) is 16.9. The van der Waals surface area contributed by atoms with Crippen LogP contribution in [0, 0.1) is 13.8 Å². The fraction of sp³-hybridized carbons (Fsp3) is 0.238. The quantitative estimate of drug-likeness (QED) is 0.775. The number of pyridine rings is 1. The SMILES string of the molecule is Cc1ccc(C)c([C@H](C)CNC(=O)c2cccc3cccnc23)c1. The molecule has 0 bridgehead atoms. The zero-order valence-corrected chi connectivity index (χ0v) is 14.3. The second-order valence-electron chi connectivity index (χ2n) is 6.35. The molecule has 24 heavy (non-hydrogen) atoms. The van der Waals surface area contributed by atoms with Crippen molar-refractivity contribution in [2.75, 3.05) is 6.54 Å². The van der Waals surface area contributed by atoms with Gasteiger partial charge in [0, 0.05) is 18.1 Å². The lowest BCUT2D eigenvalue weighted by atomic mass is 9.94. The van der Waals surface area contributed by atoms with Crippen LogP contribution < -0.4 is 5.32 Å². The lowest BCUT2D eigenvalue weighted by Gasteiger charge is -2.16. The second-order valence-corrected chi connectivity index (χ2v) is 6.35. The number of hydrogen-bond donors (Lipinski definition) is 1. The van der Waals surface area contributed by atoms with Gasteiger partial charge in [0.25, 0.3) is 5.91 Å². The first-order valence-corrected chi connectivity index (χ1v) is 8.25. The topological polar surface area (TPSA) is 42.0 Å². The summed E-state index contributed by atoms with van der Waals surface area (Å²) < 4.78 is 0. The summed E-state index contributed by atoms with van der Waals surface area (Å²) in [5.41, 5.74) is 5.16. The number of para-hydroxylation sites is 1. The van der Waals surface area contributed by atoms with E-state index in [-0.39, 0.29) is 11.8 Å². The van der Waals surface area contributed by atoms with Crippen LogP contribution in [0.2, 0.25) is 0 Å². The molecule has 0 spiro atoms. The molecule has 3 aromatic rings. The fourth-order valence-corrected chi connectivity index (χ4v) is 3.03. The number of benzene rings is 2. The van der Waals surface area contributed by atoms with Crippen molar-refractivity contribution in [3.05, 3.63) is 77.0 Å². The van der Waals surface area contributed by atoms with Crippen molar-refractivity contribution in [3.63, 3.8) is 0 Å². The largest absolute Gasteiger partial charge is 0.351 e. The van der Waals surface area contributed by atoms with Crippen molar-refractivity contribution < 1.29 is 4.79 Å². The Morgan fingerprint density at radius 3 is 2.75 bits per heavy atom. The van der Waals surface area contributed by atoms with Crippen LogP contribution in [0.15, 0.2) is 54.7 Å². The van der Waals surface area contributed by atoms with Crippen molar-refractivity contribution in [3.8, 4) is 0 Å². The lowest BCUT2D eigenvalue weighted by molar-refractivity contribution is 0.0953. The number of nitrogens with zero attached hydrogens (tertiary/aromatic N) is 1. The molecule has 0 aliphatic heterocycles. The highest BCUT2D eigenvalue weighted by Crippen LogP contribution is 2.21. The molecule has 0 unspecified atom stereocenters. The summed E-state index contributed by atoms with van der Waals surface area (Å²) in [6, 6.07) is 16.0. The maximum Gasteiger partial charge on any atom is 0.253 e. The normalized spacial score (nSPS) is 12.1. The Balaban J connectivity index is 1.76. The molecule has 1 amide bonds. The number of aryl methyl sites for hydroxylation is 2. The number of fused-ring (bicyclic) bond motifs is 1. The van der Waals surface area contributed by atoms with E-state index in [0.29, 0.717) is 12.1 Å². The van der Waals surface area contributed by atoms with E-state index < -0.39 is 0 Å². The molecule has 0 aliphatic carbocycles. The minimum atomic E-state index is -0.0727. The van der Waals surface area contributed by atoms with Gasteiger partial charge in [0.1, 0.15) is 0 Å². The molecule has 3 heteroatoms. The Bertz CT molecular complexity index is 881. The van der Waals surface area contributed by atoms with Crippen LogP contribution in [0.1, 0.15) is 39.9 Å². The highest BCUT2D eigenvalue weighted by atomic mass is 16.1. The Morgan fingerprint density at radius 2 is 1.92 bits per heavy atom. The highest BCUT2D eigenvalue weighted by Gasteiger charge is 2.14. The molecule has 1 atom stereocenters. The van der Waals surface area contributed by atoms with Gasteiger partial charge in [0.2, 0.25) is 0 Å². The van der Waals surface area contributed by atoms with Gasteiger partial charge in [-0.1, -0.05) is 48.9 Å². The number of nitrogens with one attached hydrogen (secondary N) is 1. The van der Waals surface area contributed by atoms with E-state index in [2.05, 4.69) is 49.3 Å². The third-order valence-corrected chi connectivity index (χ3v) is 4.41. The van der Waals surface area contributed by atoms with Crippen molar-refractivity contribution in [1.82, 2.24) is 10.3 Å². The van der Waals surface area contributed by atoms with E-state index in [1.807, 2.05) is 30.3 Å². The second kappa shape index (κ2) is 6.83. The Kier molecular flexibility index (Phi) is 4.61. The molecular formula is C21H22N2O. The maximum absolute atomic E-state index is 12.6. The summed E-state index contributed by atoms with van der Waals surface area (Å²) >= 11 is 0. The zero-order chi connectivity index (χ0) is 17.1. The van der Waals surface area contributed by atoms with Crippen LogP contribution in [-0.2, 0) is 0 Å². The van der Waals surface area contributed by atoms with Crippen LogP contribution >= 0.6 is 0 Å². The van der Waals surface area contributed by atoms with Gasteiger partial charge in [-0.15, -0.1) is 0 Å². The standard InChI is InChI=1S/C21H22N2O/c1-14-9-10-15(2)19(12-14)16(3)13-23-21(24)18-8-4-6-17-7-5-11-22-20(17)18/h4-12,16H,13H2,1-3H3,(H,23,24)/t16-/m1/s1. The van der Waals surface area contributed by atoms with Gasteiger partial charge in [0.15, 0.2) is 0 Å². The summed E-state index contributed by atoms with van der Waals surface area (Å²) in [7, 11) is 0. The molecule has 2 aromatic carbocycles. The molecule has 3 rings (SSSR count). The number of rotatable bonds is 4. The molecule has 1 aromatic heterocycles.